The van der Waals surface area contributed by atoms with Gasteiger partial charge in [0.25, 0.3) is 0 Å². The monoisotopic (exact) mass is 298 g/mol. The highest BCUT2D eigenvalue weighted by atomic mass is 35.5. The van der Waals surface area contributed by atoms with Crippen LogP contribution < -0.4 is 4.74 Å². The van der Waals surface area contributed by atoms with Crippen LogP contribution in [0.2, 0.25) is 5.02 Å². The molecule has 0 saturated carbocycles. The number of benzene rings is 1. The number of aromatic carboxylic acids is 1. The van der Waals surface area contributed by atoms with E-state index < -0.39 is 5.97 Å². The first-order valence-electron chi connectivity index (χ1n) is 6.52. The van der Waals surface area contributed by atoms with Crippen LogP contribution >= 0.6 is 11.6 Å². The highest BCUT2D eigenvalue weighted by Crippen LogP contribution is 2.29. The minimum absolute atomic E-state index is 0.115. The second kappa shape index (κ2) is 6.43. The van der Waals surface area contributed by atoms with Crippen LogP contribution in [0.1, 0.15) is 15.9 Å². The van der Waals surface area contributed by atoms with Gasteiger partial charge in [-0.05, 0) is 19.2 Å². The van der Waals surface area contributed by atoms with Crippen LogP contribution in [0, 0.1) is 0 Å². The molecule has 1 N–H and O–H groups in total. The molecule has 1 aliphatic rings. The van der Waals surface area contributed by atoms with E-state index in [1.54, 1.807) is 6.07 Å². The summed E-state index contributed by atoms with van der Waals surface area (Å²) >= 11 is 6.02. The third kappa shape index (κ3) is 3.42. The number of nitrogens with zero attached hydrogens (tertiary/aromatic N) is 2. The lowest BCUT2D eigenvalue weighted by Crippen LogP contribution is -2.43. The van der Waals surface area contributed by atoms with Gasteiger partial charge in [-0.3, -0.25) is 4.90 Å². The third-order valence-corrected chi connectivity index (χ3v) is 3.77. The number of halogens is 1. The quantitative estimate of drug-likeness (QED) is 0.918. The van der Waals surface area contributed by atoms with Gasteiger partial charge in [-0.15, -0.1) is 0 Å². The SMILES string of the molecule is COc1c(CN2CCN(C)CC2)cc(Cl)cc1C(=O)O. The number of carbonyl (C=O) groups is 1. The zero-order valence-corrected chi connectivity index (χ0v) is 12.5. The summed E-state index contributed by atoms with van der Waals surface area (Å²) in [6, 6.07) is 3.21. The molecule has 0 bridgehead atoms. The molecule has 20 heavy (non-hydrogen) atoms. The molecule has 0 amide bonds. The predicted molar refractivity (Wildman–Crippen MR) is 77.7 cm³/mol. The number of hydrogen-bond donors (Lipinski definition) is 1. The molecule has 0 aromatic heterocycles. The zero-order valence-electron chi connectivity index (χ0n) is 11.7. The van der Waals surface area contributed by atoms with Gasteiger partial charge in [0.05, 0.1) is 7.11 Å². The molecule has 0 atom stereocenters. The summed E-state index contributed by atoms with van der Waals surface area (Å²) in [5.74, 6) is -0.621. The number of rotatable bonds is 4. The van der Waals surface area contributed by atoms with E-state index in [1.807, 2.05) is 0 Å². The Kier molecular flexibility index (Phi) is 4.86. The van der Waals surface area contributed by atoms with Crippen LogP contribution in [-0.2, 0) is 6.54 Å². The Morgan fingerprint density at radius 1 is 1.35 bits per heavy atom. The number of methoxy groups -OCH3 is 1. The third-order valence-electron chi connectivity index (χ3n) is 3.56. The molecular formula is C14H19ClN2O3. The Morgan fingerprint density at radius 3 is 2.55 bits per heavy atom. The fourth-order valence-corrected chi connectivity index (χ4v) is 2.66. The molecule has 0 aliphatic carbocycles. The molecule has 1 saturated heterocycles. The molecule has 6 heteroatoms. The highest BCUT2D eigenvalue weighted by molar-refractivity contribution is 6.31. The average molecular weight is 299 g/mol. The maximum Gasteiger partial charge on any atom is 0.339 e. The van der Waals surface area contributed by atoms with E-state index in [0.717, 1.165) is 31.7 Å². The van der Waals surface area contributed by atoms with Gasteiger partial charge in [-0.1, -0.05) is 11.6 Å². The number of likely N-dealkylation sites (N-methyl/N-ethyl adjacent to an activating group) is 1. The summed E-state index contributed by atoms with van der Waals surface area (Å²) < 4.78 is 5.28. The van der Waals surface area contributed by atoms with E-state index in [1.165, 1.54) is 13.2 Å². The molecule has 1 aromatic carbocycles. The first-order chi connectivity index (χ1) is 9.51. The number of ether oxygens (including phenoxy) is 1. The van der Waals surface area contributed by atoms with Crippen LogP contribution in [0.3, 0.4) is 0 Å². The molecule has 110 valence electrons. The van der Waals surface area contributed by atoms with Crippen LogP contribution in [-0.4, -0.2) is 61.2 Å². The van der Waals surface area contributed by atoms with Crippen molar-refractivity contribution in [2.24, 2.45) is 0 Å². The van der Waals surface area contributed by atoms with Crippen molar-refractivity contribution in [1.29, 1.82) is 0 Å². The first-order valence-corrected chi connectivity index (χ1v) is 6.89. The van der Waals surface area contributed by atoms with Crippen LogP contribution in [0.25, 0.3) is 0 Å². The van der Waals surface area contributed by atoms with Crippen molar-refractivity contribution < 1.29 is 14.6 Å². The normalized spacial score (nSPS) is 17.1. The Hall–Kier alpha value is -1.30. The molecule has 1 aromatic rings. The van der Waals surface area contributed by atoms with Gasteiger partial charge in [-0.2, -0.15) is 0 Å². The number of carboxylic acids is 1. The van der Waals surface area contributed by atoms with E-state index in [0.29, 0.717) is 17.3 Å². The Balaban J connectivity index is 2.24. The van der Waals surface area contributed by atoms with E-state index in [-0.39, 0.29) is 5.56 Å². The second-order valence-corrected chi connectivity index (χ2v) is 5.47. The van der Waals surface area contributed by atoms with Gasteiger partial charge >= 0.3 is 5.97 Å². The molecule has 1 heterocycles. The second-order valence-electron chi connectivity index (χ2n) is 5.03. The zero-order chi connectivity index (χ0) is 14.7. The van der Waals surface area contributed by atoms with Gasteiger partial charge in [-0.25, -0.2) is 4.79 Å². The Bertz CT molecular complexity index is 499. The van der Waals surface area contributed by atoms with E-state index in [9.17, 15) is 9.90 Å². The fraction of sp³-hybridized carbons (Fsp3) is 0.500. The standard InChI is InChI=1S/C14H19ClN2O3/c1-16-3-5-17(6-4-16)9-10-7-11(15)8-12(14(18)19)13(10)20-2/h7-8H,3-6,9H2,1-2H3,(H,18,19). The maximum absolute atomic E-state index is 11.3. The van der Waals surface area contributed by atoms with Crippen molar-refractivity contribution in [3.05, 3.63) is 28.3 Å². The number of carboxylic acid groups (broad SMARTS) is 1. The molecule has 1 aliphatic heterocycles. The Morgan fingerprint density at radius 2 is 2.00 bits per heavy atom. The lowest BCUT2D eigenvalue weighted by molar-refractivity contribution is 0.0692. The van der Waals surface area contributed by atoms with Gasteiger partial charge in [0.2, 0.25) is 0 Å². The minimum Gasteiger partial charge on any atom is -0.496 e. The molecule has 2 rings (SSSR count). The summed E-state index contributed by atoms with van der Waals surface area (Å²) in [5.41, 5.74) is 0.936. The summed E-state index contributed by atoms with van der Waals surface area (Å²) in [6.45, 7) is 4.57. The highest BCUT2D eigenvalue weighted by Gasteiger charge is 2.20. The van der Waals surface area contributed by atoms with E-state index >= 15 is 0 Å². The molecular weight excluding hydrogens is 280 g/mol. The van der Waals surface area contributed by atoms with Crippen molar-refractivity contribution in [2.45, 2.75) is 6.54 Å². The van der Waals surface area contributed by atoms with Crippen LogP contribution in [0.15, 0.2) is 12.1 Å². The van der Waals surface area contributed by atoms with E-state index in [4.69, 9.17) is 16.3 Å². The molecule has 5 nitrogen and oxygen atoms in total. The minimum atomic E-state index is -1.02. The predicted octanol–water partition coefficient (Wildman–Crippen LogP) is 1.79. The van der Waals surface area contributed by atoms with Crippen molar-refractivity contribution in [3.63, 3.8) is 0 Å². The molecule has 0 unspecified atom stereocenters. The van der Waals surface area contributed by atoms with Gasteiger partial charge in [0.1, 0.15) is 11.3 Å². The summed E-state index contributed by atoms with van der Waals surface area (Å²) in [4.78, 5) is 15.8. The smallest absolute Gasteiger partial charge is 0.339 e. The number of hydrogen-bond acceptors (Lipinski definition) is 4. The summed E-state index contributed by atoms with van der Waals surface area (Å²) in [7, 11) is 3.59. The van der Waals surface area contributed by atoms with Gasteiger partial charge in [0.15, 0.2) is 0 Å². The topological polar surface area (TPSA) is 53.0 Å². The van der Waals surface area contributed by atoms with E-state index in [2.05, 4.69) is 16.8 Å². The summed E-state index contributed by atoms with van der Waals surface area (Å²) in [6.07, 6.45) is 0. The lowest BCUT2D eigenvalue weighted by atomic mass is 10.1. The van der Waals surface area contributed by atoms with Gasteiger partial charge in [0, 0.05) is 43.3 Å². The molecule has 1 fully saturated rings. The summed E-state index contributed by atoms with van der Waals surface area (Å²) in [5, 5.41) is 9.65. The molecule has 0 spiro atoms. The van der Waals surface area contributed by atoms with Crippen LogP contribution in [0.5, 0.6) is 5.75 Å². The first kappa shape index (κ1) is 15.1. The van der Waals surface area contributed by atoms with Crippen molar-refractivity contribution in [2.75, 3.05) is 40.3 Å². The molecule has 0 radical (unpaired) electrons. The van der Waals surface area contributed by atoms with Crippen molar-refractivity contribution in [3.8, 4) is 5.75 Å². The largest absolute Gasteiger partial charge is 0.496 e. The average Bonchev–Trinajstić information content (AvgIpc) is 2.40. The fourth-order valence-electron chi connectivity index (χ4n) is 2.41. The van der Waals surface area contributed by atoms with Crippen LogP contribution in [0.4, 0.5) is 0 Å². The van der Waals surface area contributed by atoms with Crippen molar-refractivity contribution >= 4 is 17.6 Å². The lowest BCUT2D eigenvalue weighted by Gasteiger charge is -2.32. The van der Waals surface area contributed by atoms with Crippen molar-refractivity contribution in [1.82, 2.24) is 9.80 Å². The van der Waals surface area contributed by atoms with Gasteiger partial charge < -0.3 is 14.7 Å². The Labute approximate surface area is 123 Å². The number of piperazine rings is 1. The maximum atomic E-state index is 11.3.